The van der Waals surface area contributed by atoms with E-state index < -0.39 is 11.2 Å². The van der Waals surface area contributed by atoms with Crippen LogP contribution < -0.4 is 9.47 Å². The third kappa shape index (κ3) is 13.8. The molecule has 0 aliphatic rings. The smallest absolute Gasteiger partial charge is 0.306 e. The molecule has 0 aromatic heterocycles. The summed E-state index contributed by atoms with van der Waals surface area (Å²) in [6.45, 7) is 11.1. The normalized spacial score (nSPS) is 11.2. The largest absolute Gasteiger partial charge is 0.504 e. The van der Waals surface area contributed by atoms with Crippen LogP contribution in [0.2, 0.25) is 0 Å². The van der Waals surface area contributed by atoms with E-state index in [1.54, 1.807) is 20.3 Å². The summed E-state index contributed by atoms with van der Waals surface area (Å²) in [5, 5.41) is 18.5. The van der Waals surface area contributed by atoms with Gasteiger partial charge in [0.05, 0.1) is 14.2 Å². The molecule has 38 heavy (non-hydrogen) atoms. The summed E-state index contributed by atoms with van der Waals surface area (Å²) in [5.74, 6) is 0.782. The first-order valence-corrected chi connectivity index (χ1v) is 12.8. The quantitative estimate of drug-likeness (QED) is 0.278. The second-order valence-corrected chi connectivity index (χ2v) is 10.9. The molecule has 0 amide bonds. The summed E-state index contributed by atoms with van der Waals surface area (Å²) >= 11 is 0. The summed E-state index contributed by atoms with van der Waals surface area (Å²) < 4.78 is 20.9. The second kappa shape index (κ2) is 15.1. The van der Waals surface area contributed by atoms with Gasteiger partial charge in [-0.15, -0.1) is 0 Å². The summed E-state index contributed by atoms with van der Waals surface area (Å²) in [4.78, 5) is 23.1. The maximum Gasteiger partial charge on any atom is 0.306 e. The van der Waals surface area contributed by atoms with Crippen molar-refractivity contribution < 1.29 is 38.7 Å². The van der Waals surface area contributed by atoms with E-state index in [-0.39, 0.29) is 23.4 Å². The maximum atomic E-state index is 11.6. The zero-order valence-corrected chi connectivity index (χ0v) is 24.1. The molecule has 0 spiro atoms. The third-order valence-corrected chi connectivity index (χ3v) is 5.02. The van der Waals surface area contributed by atoms with Crippen LogP contribution in [0.25, 0.3) is 0 Å². The monoisotopic (exact) mass is 532 g/mol. The average molecular weight is 533 g/mol. The highest BCUT2D eigenvalue weighted by Gasteiger charge is 2.16. The molecule has 0 saturated heterocycles. The first-order valence-electron chi connectivity index (χ1n) is 12.8. The molecule has 0 unspecified atom stereocenters. The van der Waals surface area contributed by atoms with E-state index in [9.17, 15) is 14.7 Å². The Morgan fingerprint density at radius 2 is 1.11 bits per heavy atom. The highest BCUT2D eigenvalue weighted by molar-refractivity contribution is 5.70. The van der Waals surface area contributed by atoms with Crippen LogP contribution in [-0.4, -0.2) is 47.6 Å². The Labute approximate surface area is 226 Å². The van der Waals surface area contributed by atoms with Crippen molar-refractivity contribution in [3.63, 3.8) is 0 Å². The molecule has 0 heterocycles. The van der Waals surface area contributed by atoms with Gasteiger partial charge in [-0.2, -0.15) is 0 Å². The number of phenolic OH excluding ortho intramolecular Hbond substituents is 2. The molecule has 0 bridgehead atoms. The van der Waals surface area contributed by atoms with Crippen molar-refractivity contribution in [1.82, 2.24) is 0 Å². The van der Waals surface area contributed by atoms with Crippen molar-refractivity contribution in [2.75, 3.05) is 14.2 Å². The highest BCUT2D eigenvalue weighted by Crippen LogP contribution is 2.28. The van der Waals surface area contributed by atoms with Gasteiger partial charge in [0, 0.05) is 12.8 Å². The van der Waals surface area contributed by atoms with Crippen molar-refractivity contribution in [1.29, 1.82) is 0 Å². The minimum absolute atomic E-state index is 0.133. The van der Waals surface area contributed by atoms with Crippen LogP contribution in [0.3, 0.4) is 0 Å². The van der Waals surface area contributed by atoms with E-state index in [1.165, 1.54) is 12.1 Å². The van der Waals surface area contributed by atoms with Crippen molar-refractivity contribution in [2.24, 2.45) is 0 Å². The molecule has 0 aliphatic carbocycles. The molecule has 8 nitrogen and oxygen atoms in total. The lowest BCUT2D eigenvalue weighted by Gasteiger charge is -2.19. The summed E-state index contributed by atoms with van der Waals surface area (Å²) in [6, 6.07) is 10.5. The highest BCUT2D eigenvalue weighted by atomic mass is 16.6. The Bertz CT molecular complexity index is 1030. The first kappa shape index (κ1) is 32.6. The molecule has 0 saturated carbocycles. The van der Waals surface area contributed by atoms with Crippen molar-refractivity contribution in [2.45, 2.75) is 91.3 Å². The minimum Gasteiger partial charge on any atom is -0.504 e. The number of carbonyl (C=O) groups excluding carboxylic acids is 2. The number of aromatic hydroxyl groups is 2. The molecule has 0 radical (unpaired) electrons. The fourth-order valence-electron chi connectivity index (χ4n) is 3.42. The number of esters is 2. The second-order valence-electron chi connectivity index (χ2n) is 10.9. The van der Waals surface area contributed by atoms with E-state index >= 15 is 0 Å². The maximum absolute atomic E-state index is 11.6. The molecule has 2 aromatic rings. The molecule has 0 atom stereocenters. The molecule has 212 valence electrons. The van der Waals surface area contributed by atoms with Gasteiger partial charge in [-0.05, 0) is 103 Å². The molecule has 2 N–H and O–H groups in total. The van der Waals surface area contributed by atoms with Crippen LogP contribution >= 0.6 is 0 Å². The Morgan fingerprint density at radius 3 is 1.53 bits per heavy atom. The van der Waals surface area contributed by atoms with Crippen molar-refractivity contribution in [3.8, 4) is 23.0 Å². The minimum atomic E-state index is -0.451. The molecular weight excluding hydrogens is 488 g/mol. The van der Waals surface area contributed by atoms with E-state index in [0.29, 0.717) is 37.2 Å². The number of hydrogen-bond donors (Lipinski definition) is 2. The summed E-state index contributed by atoms with van der Waals surface area (Å²) in [6.07, 6.45) is 3.64. The lowest BCUT2D eigenvalue weighted by Crippen LogP contribution is -2.23. The Kier molecular flexibility index (Phi) is 13.0. The van der Waals surface area contributed by atoms with Gasteiger partial charge >= 0.3 is 11.9 Å². The van der Waals surface area contributed by atoms with E-state index in [1.807, 2.05) is 59.7 Å². The van der Waals surface area contributed by atoms with Crippen molar-refractivity contribution >= 4 is 11.9 Å². The number of phenols is 2. The number of carbonyl (C=O) groups is 2. The van der Waals surface area contributed by atoms with Crippen molar-refractivity contribution in [3.05, 3.63) is 47.5 Å². The molecule has 0 fully saturated rings. The fraction of sp³-hybridized carbons (Fsp3) is 0.533. The van der Waals surface area contributed by atoms with Crippen LogP contribution in [0.5, 0.6) is 23.0 Å². The lowest BCUT2D eigenvalue weighted by atomic mass is 10.1. The standard InChI is InChI=1S/C16H24O4.C14H20O4/c1-16(2,3)20-15(17)8-6-7-12-9-10-13(18-4)14(11-12)19-5;1-14(2,3)18-13(17)6-4-5-10-7-8-11(15)12(16)9-10/h9-11H,6-8H2,1-5H3;7-9,15-16H,4-6H2,1-3H3. The van der Waals surface area contributed by atoms with Gasteiger partial charge in [-0.3, -0.25) is 9.59 Å². The molecule has 8 heteroatoms. The van der Waals surface area contributed by atoms with Gasteiger partial charge in [0.1, 0.15) is 11.2 Å². The topological polar surface area (TPSA) is 112 Å². The van der Waals surface area contributed by atoms with Gasteiger partial charge in [0.25, 0.3) is 0 Å². The van der Waals surface area contributed by atoms with Crippen LogP contribution in [0.15, 0.2) is 36.4 Å². The van der Waals surface area contributed by atoms with Crippen LogP contribution in [0, 0.1) is 0 Å². The van der Waals surface area contributed by atoms with Gasteiger partial charge in [0.15, 0.2) is 23.0 Å². The lowest BCUT2D eigenvalue weighted by molar-refractivity contribution is -0.156. The van der Waals surface area contributed by atoms with Crippen LogP contribution in [0.1, 0.15) is 78.4 Å². The molecule has 2 aromatic carbocycles. The predicted octanol–water partition coefficient (Wildman–Crippen LogP) is 6.13. The third-order valence-electron chi connectivity index (χ3n) is 5.02. The van der Waals surface area contributed by atoms with E-state index in [4.69, 9.17) is 24.1 Å². The summed E-state index contributed by atoms with van der Waals surface area (Å²) in [7, 11) is 3.22. The Balaban J connectivity index is 0.000000382. The van der Waals surface area contributed by atoms with Gasteiger partial charge < -0.3 is 29.2 Å². The number of rotatable bonds is 10. The molecular formula is C30H44O8. The summed E-state index contributed by atoms with van der Waals surface area (Å²) in [5.41, 5.74) is 1.13. The SMILES string of the molecule is CC(C)(C)OC(=O)CCCc1ccc(O)c(O)c1.COc1ccc(CCCC(=O)OC(C)(C)C)cc1OC. The number of benzene rings is 2. The Morgan fingerprint density at radius 1 is 0.658 bits per heavy atom. The van der Waals surface area contributed by atoms with E-state index in [2.05, 4.69) is 0 Å². The van der Waals surface area contributed by atoms with Gasteiger partial charge in [0.2, 0.25) is 0 Å². The van der Waals surface area contributed by atoms with Gasteiger partial charge in [-0.1, -0.05) is 12.1 Å². The van der Waals surface area contributed by atoms with Crippen LogP contribution in [0.4, 0.5) is 0 Å². The molecule has 2 rings (SSSR count). The number of methoxy groups -OCH3 is 2. The zero-order valence-electron chi connectivity index (χ0n) is 24.1. The Hall–Kier alpha value is -3.42. The van der Waals surface area contributed by atoms with Crippen LogP contribution in [-0.2, 0) is 31.9 Å². The number of aryl methyl sites for hydroxylation is 2. The fourth-order valence-corrected chi connectivity index (χ4v) is 3.42. The number of ether oxygens (including phenoxy) is 4. The average Bonchev–Trinajstić information content (AvgIpc) is 2.79. The molecule has 0 aliphatic heterocycles. The first-order chi connectivity index (χ1) is 17.6. The predicted molar refractivity (Wildman–Crippen MR) is 147 cm³/mol. The van der Waals surface area contributed by atoms with Gasteiger partial charge in [-0.25, -0.2) is 0 Å². The number of hydrogen-bond acceptors (Lipinski definition) is 8. The van der Waals surface area contributed by atoms with E-state index in [0.717, 1.165) is 24.0 Å². The zero-order chi connectivity index (χ0) is 28.9.